The minimum absolute atomic E-state index is 0. The summed E-state index contributed by atoms with van der Waals surface area (Å²) in [5.41, 5.74) is 7.10. The van der Waals surface area contributed by atoms with Gasteiger partial charge in [-0.05, 0) is 37.1 Å². The lowest BCUT2D eigenvalue weighted by Crippen LogP contribution is -2.29. The maximum absolute atomic E-state index is 13.4. The highest BCUT2D eigenvalue weighted by molar-refractivity contribution is 5.99. The first-order chi connectivity index (χ1) is 15.6. The molecule has 2 N–H and O–H groups in total. The average Bonchev–Trinajstić information content (AvgIpc) is 3.28. The second kappa shape index (κ2) is 12.5. The molecule has 33 heavy (non-hydrogen) atoms. The van der Waals surface area contributed by atoms with Crippen molar-refractivity contribution in [1.82, 2.24) is 4.90 Å². The van der Waals surface area contributed by atoms with E-state index in [4.69, 9.17) is 29.4 Å². The average molecular weight is 481 g/mol. The molecule has 0 spiro atoms. The van der Waals surface area contributed by atoms with Gasteiger partial charge in [-0.3, -0.25) is 4.79 Å². The van der Waals surface area contributed by atoms with E-state index in [0.29, 0.717) is 66.5 Å². The van der Waals surface area contributed by atoms with Gasteiger partial charge in [0.25, 0.3) is 5.91 Å². The first kappa shape index (κ1) is 26.6. The van der Waals surface area contributed by atoms with Gasteiger partial charge < -0.3 is 34.3 Å². The van der Waals surface area contributed by atoms with E-state index < -0.39 is 0 Å². The third-order valence-electron chi connectivity index (χ3n) is 5.56. The molecule has 8 nitrogen and oxygen atoms in total. The van der Waals surface area contributed by atoms with Crippen LogP contribution in [0, 0.1) is 5.92 Å². The van der Waals surface area contributed by atoms with Crippen LogP contribution in [0.1, 0.15) is 22.3 Å². The Morgan fingerprint density at radius 2 is 1.70 bits per heavy atom. The smallest absolute Gasteiger partial charge is 0.257 e. The van der Waals surface area contributed by atoms with E-state index in [1.807, 2.05) is 24.3 Å². The molecule has 1 heterocycles. The molecule has 1 fully saturated rings. The molecule has 9 heteroatoms. The van der Waals surface area contributed by atoms with E-state index in [9.17, 15) is 4.79 Å². The molecule has 1 aliphatic heterocycles. The van der Waals surface area contributed by atoms with Crippen molar-refractivity contribution in [2.75, 3.05) is 54.7 Å². The van der Waals surface area contributed by atoms with Crippen molar-refractivity contribution in [2.24, 2.45) is 11.7 Å². The van der Waals surface area contributed by atoms with Crippen LogP contribution in [0.15, 0.2) is 30.3 Å². The molecule has 0 bridgehead atoms. The molecule has 2 aromatic carbocycles. The molecule has 1 saturated heterocycles. The van der Waals surface area contributed by atoms with Gasteiger partial charge in [0.1, 0.15) is 5.75 Å². The first-order valence-electron chi connectivity index (χ1n) is 10.6. The predicted molar refractivity (Wildman–Crippen MR) is 129 cm³/mol. The van der Waals surface area contributed by atoms with Gasteiger partial charge in [-0.2, -0.15) is 0 Å². The van der Waals surface area contributed by atoms with Gasteiger partial charge in [0.2, 0.25) is 11.5 Å². The highest BCUT2D eigenvalue weighted by Gasteiger charge is 2.32. The second-order valence-corrected chi connectivity index (χ2v) is 7.67. The van der Waals surface area contributed by atoms with Crippen LogP contribution < -0.4 is 24.7 Å². The van der Waals surface area contributed by atoms with Crippen LogP contribution >= 0.6 is 12.4 Å². The van der Waals surface area contributed by atoms with E-state index in [1.165, 1.54) is 21.3 Å². The topological polar surface area (TPSA) is 92.5 Å². The van der Waals surface area contributed by atoms with Gasteiger partial charge in [-0.1, -0.05) is 12.1 Å². The Labute approximate surface area is 201 Å². The van der Waals surface area contributed by atoms with Crippen LogP contribution in [0.25, 0.3) is 0 Å². The zero-order valence-corrected chi connectivity index (χ0v) is 20.4. The van der Waals surface area contributed by atoms with Crippen molar-refractivity contribution in [1.29, 1.82) is 0 Å². The van der Waals surface area contributed by atoms with Crippen LogP contribution in [-0.2, 0) is 11.2 Å². The first-order valence-corrected chi connectivity index (χ1v) is 10.6. The molecule has 1 unspecified atom stereocenters. The number of methoxy groups -OCH3 is 4. The van der Waals surface area contributed by atoms with Crippen LogP contribution in [0.4, 0.5) is 0 Å². The van der Waals surface area contributed by atoms with E-state index in [1.54, 1.807) is 18.1 Å². The van der Waals surface area contributed by atoms with Gasteiger partial charge >= 0.3 is 0 Å². The van der Waals surface area contributed by atoms with Crippen molar-refractivity contribution in [2.45, 2.75) is 12.8 Å². The van der Waals surface area contributed by atoms with Crippen molar-refractivity contribution in [3.8, 4) is 28.7 Å². The lowest BCUT2D eigenvalue weighted by Gasteiger charge is -2.22. The van der Waals surface area contributed by atoms with Crippen LogP contribution in [-0.4, -0.2) is 65.5 Å². The van der Waals surface area contributed by atoms with Gasteiger partial charge in [0.15, 0.2) is 11.5 Å². The molecule has 1 aliphatic rings. The highest BCUT2D eigenvalue weighted by atomic mass is 35.5. The highest BCUT2D eigenvalue weighted by Crippen LogP contribution is 2.48. The molecule has 0 aliphatic carbocycles. The van der Waals surface area contributed by atoms with Crippen LogP contribution in [0.3, 0.4) is 0 Å². The van der Waals surface area contributed by atoms with Crippen molar-refractivity contribution in [3.05, 3.63) is 41.5 Å². The standard InChI is InChI=1S/C24H32N2O6.ClH/c1-28-15-17-10-12-26(14-17)24(27)19-13-20(22(30-3)23(31-4)21(19)29-2)32-18-7-5-16(6-8-18)9-11-25;/h5-8,13,17H,9-12,14-15,25H2,1-4H3;1H. The zero-order valence-electron chi connectivity index (χ0n) is 19.6. The summed E-state index contributed by atoms with van der Waals surface area (Å²) in [6, 6.07) is 9.29. The van der Waals surface area contributed by atoms with Crippen molar-refractivity contribution < 1.29 is 28.5 Å². The summed E-state index contributed by atoms with van der Waals surface area (Å²) in [5.74, 6) is 2.12. The number of rotatable bonds is 10. The third-order valence-corrected chi connectivity index (χ3v) is 5.56. The summed E-state index contributed by atoms with van der Waals surface area (Å²) in [5, 5.41) is 0. The second-order valence-electron chi connectivity index (χ2n) is 7.67. The SMILES string of the molecule is COCC1CCN(C(=O)c2cc(Oc3ccc(CCN)cc3)c(OC)c(OC)c2OC)C1.Cl. The van der Waals surface area contributed by atoms with Crippen LogP contribution in [0.5, 0.6) is 28.7 Å². The maximum Gasteiger partial charge on any atom is 0.257 e. The fraction of sp³-hybridized carbons (Fsp3) is 0.458. The van der Waals surface area contributed by atoms with Gasteiger partial charge in [0.05, 0.1) is 33.5 Å². The Kier molecular flexibility index (Phi) is 10.1. The van der Waals surface area contributed by atoms with Gasteiger partial charge in [-0.15, -0.1) is 12.4 Å². The van der Waals surface area contributed by atoms with E-state index in [2.05, 4.69) is 0 Å². The van der Waals surface area contributed by atoms with E-state index >= 15 is 0 Å². The molecule has 0 aromatic heterocycles. The summed E-state index contributed by atoms with van der Waals surface area (Å²) in [4.78, 5) is 15.2. The number of ether oxygens (including phenoxy) is 5. The number of amides is 1. The van der Waals surface area contributed by atoms with Gasteiger partial charge in [0, 0.05) is 32.2 Å². The number of halogens is 1. The quantitative estimate of drug-likeness (QED) is 0.556. The summed E-state index contributed by atoms with van der Waals surface area (Å²) in [6.45, 7) is 2.49. The number of hydrogen-bond donors (Lipinski definition) is 1. The number of hydrogen-bond acceptors (Lipinski definition) is 7. The molecule has 1 amide bonds. The van der Waals surface area contributed by atoms with Crippen molar-refractivity contribution in [3.63, 3.8) is 0 Å². The molecule has 0 saturated carbocycles. The summed E-state index contributed by atoms with van der Waals surface area (Å²) < 4.78 is 28.1. The monoisotopic (exact) mass is 480 g/mol. The number of likely N-dealkylation sites (tertiary alicyclic amines) is 1. The van der Waals surface area contributed by atoms with E-state index in [0.717, 1.165) is 18.4 Å². The Morgan fingerprint density at radius 3 is 2.27 bits per heavy atom. The Morgan fingerprint density at radius 1 is 1.03 bits per heavy atom. The Bertz CT molecular complexity index is 922. The minimum atomic E-state index is -0.149. The Hall–Kier alpha value is -2.68. The summed E-state index contributed by atoms with van der Waals surface area (Å²) >= 11 is 0. The van der Waals surface area contributed by atoms with E-state index in [-0.39, 0.29) is 18.3 Å². The molecule has 182 valence electrons. The molecular weight excluding hydrogens is 448 g/mol. The van der Waals surface area contributed by atoms with Gasteiger partial charge in [-0.25, -0.2) is 0 Å². The molecule has 0 radical (unpaired) electrons. The van der Waals surface area contributed by atoms with Crippen molar-refractivity contribution >= 4 is 18.3 Å². The maximum atomic E-state index is 13.4. The molecule has 3 rings (SSSR count). The number of nitrogens with two attached hydrogens (primary N) is 1. The Balaban J connectivity index is 0.00000385. The fourth-order valence-electron chi connectivity index (χ4n) is 3.99. The number of carbonyl (C=O) groups is 1. The molecule has 1 atom stereocenters. The normalized spacial score (nSPS) is 15.1. The minimum Gasteiger partial charge on any atom is -0.492 e. The predicted octanol–water partition coefficient (Wildman–Crippen LogP) is 3.54. The summed E-state index contributed by atoms with van der Waals surface area (Å²) in [6.07, 6.45) is 1.69. The number of benzene rings is 2. The van der Waals surface area contributed by atoms with Crippen LogP contribution in [0.2, 0.25) is 0 Å². The third kappa shape index (κ3) is 6.01. The lowest BCUT2D eigenvalue weighted by molar-refractivity contribution is 0.0771. The summed E-state index contributed by atoms with van der Waals surface area (Å²) in [7, 11) is 6.20. The fourth-order valence-corrected chi connectivity index (χ4v) is 3.99. The molecule has 2 aromatic rings. The zero-order chi connectivity index (χ0) is 23.1. The largest absolute Gasteiger partial charge is 0.492 e. The lowest BCUT2D eigenvalue weighted by atomic mass is 10.1. The number of nitrogens with zero attached hydrogens (tertiary/aromatic N) is 1. The number of carbonyl (C=O) groups excluding carboxylic acids is 1. The molecular formula is C24H33ClN2O6.